The average Bonchev–Trinajstić information content (AvgIpc) is 3.92. The average molecular weight is 805 g/mol. The van der Waals surface area contributed by atoms with Crippen LogP contribution >= 0.6 is 0 Å². The molecule has 296 valence electrons. The van der Waals surface area contributed by atoms with Crippen molar-refractivity contribution >= 4 is 60.8 Å². The maximum Gasteiger partial charge on any atom is 0.143 e. The lowest BCUT2D eigenvalue weighted by atomic mass is 9.93. The van der Waals surface area contributed by atoms with Gasteiger partial charge in [-0.15, -0.1) is 0 Å². The van der Waals surface area contributed by atoms with E-state index in [1.54, 1.807) is 0 Å². The fourth-order valence-corrected chi connectivity index (χ4v) is 9.56. The highest BCUT2D eigenvalue weighted by molar-refractivity contribution is 6.17. The molecule has 2 heterocycles. The third-order valence-electron chi connectivity index (χ3n) is 12.4. The van der Waals surface area contributed by atoms with Crippen molar-refractivity contribution in [3.63, 3.8) is 0 Å². The summed E-state index contributed by atoms with van der Waals surface area (Å²) in [6.45, 7) is 0. The number of para-hydroxylation sites is 5. The summed E-state index contributed by atoms with van der Waals surface area (Å²) in [6.07, 6.45) is 0. The number of aromatic nitrogens is 1. The van der Waals surface area contributed by atoms with Gasteiger partial charge in [0.05, 0.1) is 22.4 Å². The van der Waals surface area contributed by atoms with Crippen molar-refractivity contribution in [2.75, 3.05) is 4.90 Å². The lowest BCUT2D eigenvalue weighted by Gasteiger charge is -2.30. The maximum absolute atomic E-state index is 6.76. The lowest BCUT2D eigenvalue weighted by Crippen LogP contribution is -2.12. The van der Waals surface area contributed by atoms with Crippen molar-refractivity contribution in [2.45, 2.75) is 0 Å². The van der Waals surface area contributed by atoms with Gasteiger partial charge in [-0.1, -0.05) is 182 Å². The number of fused-ring (bicyclic) bond motifs is 6. The Balaban J connectivity index is 1.03. The molecule has 3 nitrogen and oxygen atoms in total. The molecule has 0 aliphatic rings. The SMILES string of the molecule is c1ccc(-c2ccccc2N(c2ccc(-c3cccc(-n4c5ccccc5c5ccccc54)c3)cc2)c2ccccc2-c2ccc(-c3ccccc3)c3oc4ccccc4c23)cc1. The first kappa shape index (κ1) is 36.5. The molecule has 3 heteroatoms. The molecule has 0 aliphatic heterocycles. The van der Waals surface area contributed by atoms with Gasteiger partial charge >= 0.3 is 0 Å². The Kier molecular flexibility index (Phi) is 8.83. The predicted molar refractivity (Wildman–Crippen MR) is 264 cm³/mol. The van der Waals surface area contributed by atoms with Crippen LogP contribution in [0.1, 0.15) is 0 Å². The van der Waals surface area contributed by atoms with Gasteiger partial charge in [-0.2, -0.15) is 0 Å². The van der Waals surface area contributed by atoms with Gasteiger partial charge in [-0.25, -0.2) is 0 Å². The van der Waals surface area contributed by atoms with Gasteiger partial charge < -0.3 is 13.9 Å². The second-order valence-electron chi connectivity index (χ2n) is 16.0. The van der Waals surface area contributed by atoms with Crippen LogP contribution < -0.4 is 4.90 Å². The Morgan fingerprint density at radius 2 is 0.857 bits per heavy atom. The van der Waals surface area contributed by atoms with E-state index < -0.39 is 0 Å². The Hall–Kier alpha value is -8.40. The first-order valence-corrected chi connectivity index (χ1v) is 21.5. The zero-order valence-electron chi connectivity index (χ0n) is 34.4. The number of nitrogens with zero attached hydrogens (tertiary/aromatic N) is 2. The Morgan fingerprint density at radius 1 is 0.333 bits per heavy atom. The molecule has 0 saturated carbocycles. The molecule has 0 spiro atoms. The van der Waals surface area contributed by atoms with Gasteiger partial charge in [-0.05, 0) is 88.5 Å². The van der Waals surface area contributed by atoms with Gasteiger partial charge in [0.2, 0.25) is 0 Å². The summed E-state index contributed by atoms with van der Waals surface area (Å²) in [5.74, 6) is 0. The number of furan rings is 1. The summed E-state index contributed by atoms with van der Waals surface area (Å²) in [4.78, 5) is 2.43. The molecule has 0 bridgehead atoms. The minimum Gasteiger partial charge on any atom is -0.455 e. The molecule has 0 N–H and O–H groups in total. The van der Waals surface area contributed by atoms with Gasteiger partial charge in [0.1, 0.15) is 11.2 Å². The second-order valence-corrected chi connectivity index (χ2v) is 16.0. The van der Waals surface area contributed by atoms with Crippen LogP contribution in [0.15, 0.2) is 247 Å². The summed E-state index contributed by atoms with van der Waals surface area (Å²) in [7, 11) is 0. The molecule has 0 saturated heterocycles. The number of anilines is 3. The molecule has 0 amide bonds. The molecule has 0 fully saturated rings. The Bertz CT molecular complexity index is 3570. The van der Waals surface area contributed by atoms with E-state index in [9.17, 15) is 0 Å². The van der Waals surface area contributed by atoms with Crippen molar-refractivity contribution < 1.29 is 4.42 Å². The summed E-state index contributed by atoms with van der Waals surface area (Å²) >= 11 is 0. The molecule has 63 heavy (non-hydrogen) atoms. The minimum absolute atomic E-state index is 0.874. The molecule has 0 atom stereocenters. The number of hydrogen-bond donors (Lipinski definition) is 0. The van der Waals surface area contributed by atoms with E-state index in [4.69, 9.17) is 4.42 Å². The summed E-state index contributed by atoms with van der Waals surface area (Å²) < 4.78 is 9.14. The fraction of sp³-hybridized carbons (Fsp3) is 0. The molecule has 0 unspecified atom stereocenters. The van der Waals surface area contributed by atoms with Crippen molar-refractivity contribution in [2.24, 2.45) is 0 Å². The van der Waals surface area contributed by atoms with Crippen molar-refractivity contribution in [3.8, 4) is 50.2 Å². The van der Waals surface area contributed by atoms with Crippen LogP contribution in [0, 0.1) is 0 Å². The summed E-state index contributed by atoms with van der Waals surface area (Å²) in [6, 6.07) is 87.0. The third-order valence-corrected chi connectivity index (χ3v) is 12.4. The third kappa shape index (κ3) is 6.21. The van der Waals surface area contributed by atoms with Gasteiger partial charge in [0, 0.05) is 49.6 Å². The predicted octanol–water partition coefficient (Wildman–Crippen LogP) is 16.8. The highest BCUT2D eigenvalue weighted by Gasteiger charge is 2.24. The van der Waals surface area contributed by atoms with E-state index in [1.165, 1.54) is 21.8 Å². The molecule has 12 rings (SSSR count). The van der Waals surface area contributed by atoms with E-state index in [0.717, 1.165) is 89.2 Å². The van der Waals surface area contributed by atoms with E-state index in [1.807, 2.05) is 6.07 Å². The second kappa shape index (κ2) is 15.3. The lowest BCUT2D eigenvalue weighted by molar-refractivity contribution is 0.670. The Labute approximate surface area is 366 Å². The normalized spacial score (nSPS) is 11.5. The largest absolute Gasteiger partial charge is 0.455 e. The quantitative estimate of drug-likeness (QED) is 0.153. The summed E-state index contributed by atoms with van der Waals surface area (Å²) in [5.41, 5.74) is 17.6. The maximum atomic E-state index is 6.76. The molecule has 0 radical (unpaired) electrons. The smallest absolute Gasteiger partial charge is 0.143 e. The van der Waals surface area contributed by atoms with Crippen LogP contribution in [0.2, 0.25) is 0 Å². The summed E-state index contributed by atoms with van der Waals surface area (Å²) in [5, 5.41) is 4.72. The van der Waals surface area contributed by atoms with Crippen LogP contribution in [0.4, 0.5) is 17.1 Å². The van der Waals surface area contributed by atoms with Crippen LogP contribution in [-0.2, 0) is 0 Å². The van der Waals surface area contributed by atoms with Gasteiger partial charge in [0.25, 0.3) is 0 Å². The van der Waals surface area contributed by atoms with Crippen LogP contribution in [0.25, 0.3) is 93.9 Å². The van der Waals surface area contributed by atoms with Crippen molar-refractivity contribution in [3.05, 3.63) is 243 Å². The zero-order chi connectivity index (χ0) is 41.7. The van der Waals surface area contributed by atoms with Crippen molar-refractivity contribution in [1.29, 1.82) is 0 Å². The van der Waals surface area contributed by atoms with Crippen LogP contribution in [-0.4, -0.2) is 4.57 Å². The topological polar surface area (TPSA) is 21.3 Å². The Morgan fingerprint density at radius 3 is 1.56 bits per heavy atom. The zero-order valence-corrected chi connectivity index (χ0v) is 34.4. The molecular weight excluding hydrogens is 765 g/mol. The number of benzene rings is 10. The van der Waals surface area contributed by atoms with Crippen LogP contribution in [0.3, 0.4) is 0 Å². The van der Waals surface area contributed by atoms with Crippen molar-refractivity contribution in [1.82, 2.24) is 4.57 Å². The molecule has 10 aromatic carbocycles. The van der Waals surface area contributed by atoms with E-state index in [0.29, 0.717) is 0 Å². The molecule has 0 aliphatic carbocycles. The monoisotopic (exact) mass is 804 g/mol. The van der Waals surface area contributed by atoms with Gasteiger partial charge in [-0.3, -0.25) is 0 Å². The van der Waals surface area contributed by atoms with Crippen LogP contribution in [0.5, 0.6) is 0 Å². The number of hydrogen-bond acceptors (Lipinski definition) is 2. The minimum atomic E-state index is 0.874. The first-order valence-electron chi connectivity index (χ1n) is 21.5. The highest BCUT2D eigenvalue weighted by Crippen LogP contribution is 2.48. The number of rotatable bonds is 8. The van der Waals surface area contributed by atoms with E-state index in [-0.39, 0.29) is 0 Å². The standard InChI is InChI=1S/C60H40N2O/c1-3-18-42(19-4-1)47-24-7-12-29-54(47)61(45-36-34-41(35-37-45)44-22-17-23-46(40-44)62-55-30-13-8-25-49(55)50-26-9-14-31-56(50)62)57-32-15-10-27-51(57)52-39-38-48(43-20-5-2-6-21-43)60-59(52)53-28-11-16-33-58(53)63-60/h1-40H. The molecule has 12 aromatic rings. The molecular formula is C60H40N2O. The van der Waals surface area contributed by atoms with Gasteiger partial charge in [0.15, 0.2) is 0 Å². The fourth-order valence-electron chi connectivity index (χ4n) is 9.56. The van der Waals surface area contributed by atoms with E-state index in [2.05, 4.69) is 246 Å². The molecule has 2 aromatic heterocycles. The highest BCUT2D eigenvalue weighted by atomic mass is 16.3. The first-order chi connectivity index (χ1) is 31.3. The van der Waals surface area contributed by atoms with E-state index >= 15 is 0 Å².